The maximum Gasteiger partial charge on any atom is 0.306 e. The number of nitrogens with zero attached hydrogens (tertiary/aromatic N) is 4. The number of anilines is 2. The summed E-state index contributed by atoms with van der Waals surface area (Å²) in [6.45, 7) is 7.41. The van der Waals surface area contributed by atoms with Crippen LogP contribution in [0.1, 0.15) is 13.8 Å². The molecule has 0 fully saturated rings. The molecule has 0 saturated carbocycles. The molecule has 4 rings (SSSR count). The van der Waals surface area contributed by atoms with E-state index in [9.17, 15) is 18.5 Å². The van der Waals surface area contributed by atoms with Crippen LogP contribution in [0.15, 0.2) is 30.3 Å². The van der Waals surface area contributed by atoms with E-state index >= 15 is 0 Å². The van der Waals surface area contributed by atoms with Crippen LogP contribution in [0.25, 0.3) is 22.2 Å². The first-order valence-electron chi connectivity index (χ1n) is 9.93. The molecule has 0 amide bonds. The standard InChI is InChI=1S/C20H23N5O5S/c1-4-23(5-2)10-11-24-16-8-9-17(25(26)27)20-18(16)19(22-24)14-12-13(30-31(3,28)29)6-7-15(14)21-20/h6-9,12,21H,4-5,10-11H2,1-3H3. The maximum atomic E-state index is 11.6. The number of aromatic nitrogens is 2. The summed E-state index contributed by atoms with van der Waals surface area (Å²) in [6.07, 6.45) is 0.976. The van der Waals surface area contributed by atoms with Gasteiger partial charge in [-0.15, -0.1) is 0 Å². The molecule has 0 atom stereocenters. The van der Waals surface area contributed by atoms with Crippen LogP contribution in [0.5, 0.6) is 5.75 Å². The lowest BCUT2D eigenvalue weighted by atomic mass is 9.99. The molecule has 1 N–H and O–H groups in total. The summed E-state index contributed by atoms with van der Waals surface area (Å²) in [7, 11) is -3.69. The maximum absolute atomic E-state index is 11.6. The third kappa shape index (κ3) is 3.93. The van der Waals surface area contributed by atoms with Crippen LogP contribution >= 0.6 is 0 Å². The average molecular weight is 446 g/mol. The minimum atomic E-state index is -3.69. The zero-order valence-corrected chi connectivity index (χ0v) is 18.3. The zero-order valence-electron chi connectivity index (χ0n) is 17.5. The average Bonchev–Trinajstić information content (AvgIpc) is 3.08. The second kappa shape index (κ2) is 7.82. The van der Waals surface area contributed by atoms with Gasteiger partial charge in [-0.05, 0) is 37.4 Å². The molecular formula is C20H23N5O5S. The summed E-state index contributed by atoms with van der Waals surface area (Å²) < 4.78 is 30.0. The van der Waals surface area contributed by atoms with Crippen molar-refractivity contribution in [3.63, 3.8) is 0 Å². The van der Waals surface area contributed by atoms with E-state index in [-0.39, 0.29) is 11.4 Å². The van der Waals surface area contributed by atoms with E-state index < -0.39 is 15.0 Å². The number of fused-ring (bicyclic) bond motifs is 2. The van der Waals surface area contributed by atoms with E-state index in [0.29, 0.717) is 34.6 Å². The van der Waals surface area contributed by atoms with Gasteiger partial charge in [0.25, 0.3) is 5.69 Å². The monoisotopic (exact) mass is 445 g/mol. The van der Waals surface area contributed by atoms with Gasteiger partial charge in [0.1, 0.15) is 17.1 Å². The molecule has 1 aliphatic rings. The predicted octanol–water partition coefficient (Wildman–Crippen LogP) is 3.35. The largest absolute Gasteiger partial charge is 0.383 e. The molecular weight excluding hydrogens is 422 g/mol. The normalized spacial score (nSPS) is 12.6. The summed E-state index contributed by atoms with van der Waals surface area (Å²) in [5.74, 6) is 0.155. The Bertz CT molecular complexity index is 1280. The van der Waals surface area contributed by atoms with Crippen molar-refractivity contribution in [2.24, 2.45) is 0 Å². The van der Waals surface area contributed by atoms with Gasteiger partial charge in [-0.1, -0.05) is 13.8 Å². The van der Waals surface area contributed by atoms with Gasteiger partial charge in [-0.3, -0.25) is 14.8 Å². The molecule has 3 aromatic rings. The molecule has 164 valence electrons. The second-order valence-corrected chi connectivity index (χ2v) is 8.90. The Labute approximate surface area is 179 Å². The van der Waals surface area contributed by atoms with E-state index in [1.807, 2.05) is 4.68 Å². The number of rotatable bonds is 8. The van der Waals surface area contributed by atoms with Gasteiger partial charge >= 0.3 is 10.1 Å². The van der Waals surface area contributed by atoms with E-state index in [0.717, 1.165) is 31.4 Å². The Hall–Kier alpha value is -3.18. The van der Waals surface area contributed by atoms with E-state index in [2.05, 4.69) is 24.1 Å². The molecule has 0 bridgehead atoms. The Balaban J connectivity index is 1.88. The Kier molecular flexibility index (Phi) is 5.31. The lowest BCUT2D eigenvalue weighted by Gasteiger charge is -2.18. The third-order valence-corrected chi connectivity index (χ3v) is 5.86. The van der Waals surface area contributed by atoms with Crippen molar-refractivity contribution in [3.8, 4) is 17.0 Å². The number of likely N-dealkylation sites (N-methyl/N-ethyl adjacent to an activating group) is 1. The van der Waals surface area contributed by atoms with Crippen molar-refractivity contribution in [2.45, 2.75) is 20.4 Å². The van der Waals surface area contributed by atoms with Gasteiger partial charge in [0.05, 0.1) is 28.6 Å². The first-order valence-corrected chi connectivity index (χ1v) is 11.7. The van der Waals surface area contributed by atoms with E-state index in [1.165, 1.54) is 12.1 Å². The molecule has 0 radical (unpaired) electrons. The number of nitro benzene ring substituents is 1. The fourth-order valence-electron chi connectivity index (χ4n) is 3.86. The van der Waals surface area contributed by atoms with Crippen LogP contribution in [-0.4, -0.2) is 53.9 Å². The first kappa shape index (κ1) is 21.1. The molecule has 0 saturated heterocycles. The SMILES string of the molecule is CCN(CC)CCn1nc2c3c(c([N+](=O)[O-])ccc31)Nc1ccc(OS(C)(=O)=O)cc1-2. The molecule has 1 aliphatic heterocycles. The fourth-order valence-corrected chi connectivity index (χ4v) is 4.32. The van der Waals surface area contributed by atoms with E-state index in [1.54, 1.807) is 18.2 Å². The summed E-state index contributed by atoms with van der Waals surface area (Å²) in [5.41, 5.74) is 2.89. The van der Waals surface area contributed by atoms with Crippen LogP contribution in [0.4, 0.5) is 17.1 Å². The highest BCUT2D eigenvalue weighted by molar-refractivity contribution is 7.86. The third-order valence-electron chi connectivity index (χ3n) is 5.37. The van der Waals surface area contributed by atoms with Gasteiger partial charge in [-0.2, -0.15) is 13.5 Å². The van der Waals surface area contributed by atoms with Gasteiger partial charge in [-0.25, -0.2) is 0 Å². The Morgan fingerprint density at radius 1 is 1.23 bits per heavy atom. The highest BCUT2D eigenvalue weighted by Gasteiger charge is 2.29. The molecule has 31 heavy (non-hydrogen) atoms. The molecule has 0 aliphatic carbocycles. The second-order valence-electron chi connectivity index (χ2n) is 7.33. The lowest BCUT2D eigenvalue weighted by Crippen LogP contribution is -2.27. The molecule has 11 heteroatoms. The molecule has 1 aromatic heterocycles. The Morgan fingerprint density at radius 3 is 2.61 bits per heavy atom. The molecule has 0 unspecified atom stereocenters. The highest BCUT2D eigenvalue weighted by Crippen LogP contribution is 2.48. The van der Waals surface area contributed by atoms with Crippen LogP contribution in [0.2, 0.25) is 0 Å². The van der Waals surface area contributed by atoms with Gasteiger partial charge in [0.15, 0.2) is 0 Å². The zero-order chi connectivity index (χ0) is 22.3. The lowest BCUT2D eigenvalue weighted by molar-refractivity contribution is -0.383. The van der Waals surface area contributed by atoms with Gasteiger partial charge in [0.2, 0.25) is 0 Å². The molecule has 10 nitrogen and oxygen atoms in total. The van der Waals surface area contributed by atoms with Gasteiger partial charge in [0, 0.05) is 23.9 Å². The minimum absolute atomic E-state index is 0.0424. The fraction of sp³-hybridized carbons (Fsp3) is 0.350. The predicted molar refractivity (Wildman–Crippen MR) is 118 cm³/mol. The molecule has 2 heterocycles. The smallest absolute Gasteiger partial charge is 0.306 e. The number of nitrogens with one attached hydrogen (secondary N) is 1. The number of hydrogen-bond acceptors (Lipinski definition) is 8. The van der Waals surface area contributed by atoms with Crippen LogP contribution in [0, 0.1) is 10.1 Å². The molecule has 0 spiro atoms. The van der Waals surface area contributed by atoms with Crippen molar-refractivity contribution in [1.29, 1.82) is 0 Å². The van der Waals surface area contributed by atoms with Crippen molar-refractivity contribution in [2.75, 3.05) is 31.2 Å². The quantitative estimate of drug-likeness (QED) is 0.249. The summed E-state index contributed by atoms with van der Waals surface area (Å²) >= 11 is 0. The summed E-state index contributed by atoms with van der Waals surface area (Å²) in [5, 5.41) is 20.2. The minimum Gasteiger partial charge on any atom is -0.383 e. The molecule has 2 aromatic carbocycles. The van der Waals surface area contributed by atoms with Gasteiger partial charge < -0.3 is 14.4 Å². The first-order chi connectivity index (χ1) is 14.7. The topological polar surface area (TPSA) is 120 Å². The Morgan fingerprint density at radius 2 is 1.97 bits per heavy atom. The summed E-state index contributed by atoms with van der Waals surface area (Å²) in [4.78, 5) is 13.5. The van der Waals surface area contributed by atoms with Crippen molar-refractivity contribution < 1.29 is 17.5 Å². The van der Waals surface area contributed by atoms with Crippen molar-refractivity contribution in [1.82, 2.24) is 14.7 Å². The van der Waals surface area contributed by atoms with Crippen LogP contribution in [-0.2, 0) is 16.7 Å². The number of nitro groups is 1. The number of benzene rings is 2. The van der Waals surface area contributed by atoms with Crippen LogP contribution in [0.3, 0.4) is 0 Å². The van der Waals surface area contributed by atoms with E-state index in [4.69, 9.17) is 9.28 Å². The van der Waals surface area contributed by atoms with Crippen LogP contribution < -0.4 is 9.50 Å². The highest BCUT2D eigenvalue weighted by atomic mass is 32.2. The summed E-state index contributed by atoms with van der Waals surface area (Å²) in [6, 6.07) is 7.91. The number of hydrogen-bond donors (Lipinski definition) is 1. The van der Waals surface area contributed by atoms with Crippen molar-refractivity contribution in [3.05, 3.63) is 40.4 Å². The van der Waals surface area contributed by atoms with Crippen molar-refractivity contribution >= 4 is 38.1 Å².